The Labute approximate surface area is 94.2 Å². The maximum Gasteiger partial charge on any atom is 0.123 e. The van der Waals surface area contributed by atoms with E-state index in [9.17, 15) is 4.39 Å². The quantitative estimate of drug-likeness (QED) is 0.569. The summed E-state index contributed by atoms with van der Waals surface area (Å²) in [6.45, 7) is 1.54. The van der Waals surface area contributed by atoms with Gasteiger partial charge in [0, 0.05) is 5.56 Å². The molecule has 0 bridgehead atoms. The lowest BCUT2D eigenvalue weighted by atomic mass is 10.1. The summed E-state index contributed by atoms with van der Waals surface area (Å²) in [6.07, 6.45) is 0. The molecule has 0 N–H and O–H groups in total. The minimum Gasteiger partial charge on any atom is -0.491 e. The molecule has 0 aliphatic carbocycles. The maximum atomic E-state index is 11.9. The van der Waals surface area contributed by atoms with Gasteiger partial charge in [-0.2, -0.15) is 0 Å². The lowest BCUT2D eigenvalue weighted by molar-refractivity contribution is 0.273. The Morgan fingerprint density at radius 3 is 2.87 bits per heavy atom. The van der Waals surface area contributed by atoms with E-state index in [1.807, 2.05) is 19.1 Å². The fourth-order valence-corrected chi connectivity index (χ4v) is 1.22. The van der Waals surface area contributed by atoms with Crippen LogP contribution in [0.25, 0.3) is 0 Å². The van der Waals surface area contributed by atoms with Crippen molar-refractivity contribution in [2.75, 3.05) is 19.2 Å². The molecule has 3 heteroatoms. The van der Waals surface area contributed by atoms with Crippen LogP contribution in [0.1, 0.15) is 11.1 Å². The third-order valence-corrected chi connectivity index (χ3v) is 1.97. The SMILES string of the molecule is Cc1cc(OCCF)ccc1C#CCCl. The van der Waals surface area contributed by atoms with Crippen molar-refractivity contribution < 1.29 is 9.13 Å². The molecule has 0 aromatic heterocycles. The van der Waals surface area contributed by atoms with Crippen molar-refractivity contribution in [1.29, 1.82) is 0 Å². The van der Waals surface area contributed by atoms with Gasteiger partial charge in [0.25, 0.3) is 0 Å². The van der Waals surface area contributed by atoms with Crippen LogP contribution in [0.5, 0.6) is 5.75 Å². The number of halogens is 2. The predicted molar refractivity (Wildman–Crippen MR) is 60.2 cm³/mol. The summed E-state index contributed by atoms with van der Waals surface area (Å²) < 4.78 is 17.0. The average Bonchev–Trinajstić information content (AvgIpc) is 2.25. The third kappa shape index (κ3) is 3.81. The first-order valence-corrected chi connectivity index (χ1v) is 5.15. The Morgan fingerprint density at radius 1 is 1.47 bits per heavy atom. The standard InChI is InChI=1S/C12H12ClFO/c1-10-9-12(15-8-7-14)5-4-11(10)3-2-6-13/h4-5,9H,6-8H2,1H3. The Bertz CT molecular complexity index is 379. The van der Waals surface area contributed by atoms with E-state index in [1.54, 1.807) is 6.07 Å². The van der Waals surface area contributed by atoms with Crippen LogP contribution in [0.15, 0.2) is 18.2 Å². The van der Waals surface area contributed by atoms with Crippen molar-refractivity contribution in [3.63, 3.8) is 0 Å². The second-order valence-corrected chi connectivity index (χ2v) is 3.22. The highest BCUT2D eigenvalue weighted by molar-refractivity contribution is 6.19. The van der Waals surface area contributed by atoms with E-state index in [4.69, 9.17) is 16.3 Å². The average molecular weight is 227 g/mol. The molecule has 0 fully saturated rings. The zero-order chi connectivity index (χ0) is 11.1. The highest BCUT2D eigenvalue weighted by Crippen LogP contribution is 2.16. The second-order valence-electron chi connectivity index (χ2n) is 2.95. The largest absolute Gasteiger partial charge is 0.491 e. The van der Waals surface area contributed by atoms with E-state index in [0.717, 1.165) is 11.1 Å². The van der Waals surface area contributed by atoms with Gasteiger partial charge in [-0.1, -0.05) is 11.8 Å². The van der Waals surface area contributed by atoms with Gasteiger partial charge < -0.3 is 4.74 Å². The molecule has 0 aliphatic heterocycles. The van der Waals surface area contributed by atoms with Gasteiger partial charge in [-0.25, -0.2) is 4.39 Å². The van der Waals surface area contributed by atoms with Gasteiger partial charge in [0.15, 0.2) is 0 Å². The lowest BCUT2D eigenvalue weighted by Crippen LogP contribution is -1.99. The minimum absolute atomic E-state index is 0.0894. The summed E-state index contributed by atoms with van der Waals surface area (Å²) in [5.74, 6) is 6.70. The zero-order valence-electron chi connectivity index (χ0n) is 8.52. The monoisotopic (exact) mass is 226 g/mol. The molecule has 0 spiro atoms. The Balaban J connectivity index is 2.78. The number of hydrogen-bond donors (Lipinski definition) is 0. The Kier molecular flexibility index (Phi) is 5.00. The van der Waals surface area contributed by atoms with Crippen molar-refractivity contribution in [3.05, 3.63) is 29.3 Å². The normalized spacial score (nSPS) is 9.27. The molecule has 0 saturated carbocycles. The van der Waals surface area contributed by atoms with Gasteiger partial charge in [0.2, 0.25) is 0 Å². The molecule has 0 atom stereocenters. The van der Waals surface area contributed by atoms with Crippen LogP contribution in [0.3, 0.4) is 0 Å². The van der Waals surface area contributed by atoms with Crippen LogP contribution in [-0.4, -0.2) is 19.2 Å². The number of aryl methyl sites for hydroxylation is 1. The fraction of sp³-hybridized carbons (Fsp3) is 0.333. The van der Waals surface area contributed by atoms with Crippen molar-refractivity contribution >= 4 is 11.6 Å². The number of ether oxygens (including phenoxy) is 1. The van der Waals surface area contributed by atoms with Crippen LogP contribution in [0.2, 0.25) is 0 Å². The molecule has 0 amide bonds. The molecule has 0 unspecified atom stereocenters. The van der Waals surface area contributed by atoms with Crippen molar-refractivity contribution in [2.24, 2.45) is 0 Å². The van der Waals surface area contributed by atoms with Crippen molar-refractivity contribution in [3.8, 4) is 17.6 Å². The van der Waals surface area contributed by atoms with Gasteiger partial charge in [0.05, 0.1) is 5.88 Å². The highest BCUT2D eigenvalue weighted by Gasteiger charge is 1.98. The molecule has 0 saturated heterocycles. The maximum absolute atomic E-state index is 11.9. The van der Waals surface area contributed by atoms with Crippen LogP contribution < -0.4 is 4.74 Å². The van der Waals surface area contributed by atoms with Gasteiger partial charge in [-0.15, -0.1) is 11.6 Å². The van der Waals surface area contributed by atoms with Crippen LogP contribution in [-0.2, 0) is 0 Å². The van der Waals surface area contributed by atoms with E-state index in [2.05, 4.69) is 11.8 Å². The number of rotatable bonds is 3. The summed E-state index contributed by atoms with van der Waals surface area (Å²) in [5, 5.41) is 0. The highest BCUT2D eigenvalue weighted by atomic mass is 35.5. The molecule has 0 radical (unpaired) electrons. The zero-order valence-corrected chi connectivity index (χ0v) is 9.27. The van der Waals surface area contributed by atoms with E-state index in [0.29, 0.717) is 11.6 Å². The summed E-state index contributed by atoms with van der Waals surface area (Å²) in [7, 11) is 0. The van der Waals surface area contributed by atoms with Crippen molar-refractivity contribution in [2.45, 2.75) is 6.92 Å². The Hall–Kier alpha value is -1.20. The van der Waals surface area contributed by atoms with Gasteiger partial charge in [0.1, 0.15) is 19.0 Å². The smallest absolute Gasteiger partial charge is 0.123 e. The summed E-state index contributed by atoms with van der Waals surface area (Å²) in [4.78, 5) is 0. The molecule has 0 heterocycles. The molecule has 15 heavy (non-hydrogen) atoms. The van der Waals surface area contributed by atoms with E-state index in [1.165, 1.54) is 0 Å². The van der Waals surface area contributed by atoms with Crippen LogP contribution >= 0.6 is 11.6 Å². The molecule has 1 rings (SSSR count). The number of hydrogen-bond acceptors (Lipinski definition) is 1. The number of benzene rings is 1. The van der Waals surface area contributed by atoms with E-state index < -0.39 is 6.67 Å². The molecule has 80 valence electrons. The van der Waals surface area contributed by atoms with E-state index >= 15 is 0 Å². The van der Waals surface area contributed by atoms with Crippen LogP contribution in [0, 0.1) is 18.8 Å². The fourth-order valence-electron chi connectivity index (χ4n) is 1.15. The second kappa shape index (κ2) is 6.31. The molecular formula is C12H12ClFO. The summed E-state index contributed by atoms with van der Waals surface area (Å²) >= 11 is 5.46. The van der Waals surface area contributed by atoms with Crippen LogP contribution in [0.4, 0.5) is 4.39 Å². The lowest BCUT2D eigenvalue weighted by Gasteiger charge is -2.05. The summed E-state index contributed by atoms with van der Waals surface area (Å²) in [5.41, 5.74) is 1.92. The first kappa shape index (κ1) is 11.9. The molecule has 1 nitrogen and oxygen atoms in total. The van der Waals surface area contributed by atoms with Gasteiger partial charge in [-0.05, 0) is 30.7 Å². The molecular weight excluding hydrogens is 215 g/mol. The van der Waals surface area contributed by atoms with Gasteiger partial charge >= 0.3 is 0 Å². The summed E-state index contributed by atoms with van der Waals surface area (Å²) in [6, 6.07) is 5.47. The predicted octanol–water partition coefficient (Wildman–Crippen LogP) is 2.93. The number of alkyl halides is 2. The topological polar surface area (TPSA) is 9.23 Å². The van der Waals surface area contributed by atoms with Crippen molar-refractivity contribution in [1.82, 2.24) is 0 Å². The van der Waals surface area contributed by atoms with Gasteiger partial charge in [-0.3, -0.25) is 0 Å². The molecule has 0 aliphatic rings. The minimum atomic E-state index is -0.479. The first-order chi connectivity index (χ1) is 7.27. The first-order valence-electron chi connectivity index (χ1n) is 4.62. The molecule has 1 aromatic rings. The van der Waals surface area contributed by atoms with E-state index in [-0.39, 0.29) is 6.61 Å². The molecule has 1 aromatic carbocycles. The Morgan fingerprint density at radius 2 is 2.27 bits per heavy atom. The third-order valence-electron chi connectivity index (χ3n) is 1.83.